The number of anilines is 2. The standard InChI is InChI=1S/C9H12F2N2O/c10-9(11,6-14)5-13-8-3-1-7(12)2-4-8/h1-4,13-14H,5-6,12H2. The molecule has 1 rings (SSSR count). The Morgan fingerprint density at radius 1 is 1.29 bits per heavy atom. The minimum absolute atomic E-state index is 0.548. The number of halogens is 2. The van der Waals surface area contributed by atoms with E-state index in [0.29, 0.717) is 11.4 Å². The van der Waals surface area contributed by atoms with E-state index in [1.54, 1.807) is 24.3 Å². The van der Waals surface area contributed by atoms with Crippen LogP contribution < -0.4 is 11.1 Å². The Labute approximate surface area is 80.5 Å². The normalized spacial score (nSPS) is 11.4. The van der Waals surface area contributed by atoms with Gasteiger partial charge in [-0.2, -0.15) is 0 Å². The number of benzene rings is 1. The zero-order valence-corrected chi connectivity index (χ0v) is 7.50. The van der Waals surface area contributed by atoms with Crippen molar-refractivity contribution in [1.82, 2.24) is 0 Å². The van der Waals surface area contributed by atoms with E-state index in [9.17, 15) is 8.78 Å². The lowest BCUT2D eigenvalue weighted by Gasteiger charge is -2.14. The number of nitrogens with two attached hydrogens (primary N) is 1. The van der Waals surface area contributed by atoms with Crippen LogP contribution in [0.25, 0.3) is 0 Å². The highest BCUT2D eigenvalue weighted by atomic mass is 19.3. The summed E-state index contributed by atoms with van der Waals surface area (Å²) in [6.45, 7) is -1.75. The Morgan fingerprint density at radius 3 is 2.36 bits per heavy atom. The molecule has 0 saturated heterocycles. The zero-order chi connectivity index (χ0) is 10.6. The van der Waals surface area contributed by atoms with Gasteiger partial charge >= 0.3 is 0 Å². The van der Waals surface area contributed by atoms with Crippen LogP contribution in [0.3, 0.4) is 0 Å². The van der Waals surface area contributed by atoms with Crippen LogP contribution in [0.1, 0.15) is 0 Å². The molecule has 14 heavy (non-hydrogen) atoms. The molecule has 0 unspecified atom stereocenters. The molecule has 1 aromatic carbocycles. The van der Waals surface area contributed by atoms with Crippen molar-refractivity contribution in [3.63, 3.8) is 0 Å². The molecule has 3 nitrogen and oxygen atoms in total. The van der Waals surface area contributed by atoms with E-state index >= 15 is 0 Å². The molecule has 0 aliphatic heterocycles. The number of nitrogens with one attached hydrogen (secondary N) is 1. The van der Waals surface area contributed by atoms with Gasteiger partial charge in [-0.15, -0.1) is 0 Å². The lowest BCUT2D eigenvalue weighted by molar-refractivity contribution is -0.0372. The van der Waals surface area contributed by atoms with Gasteiger partial charge in [0, 0.05) is 11.4 Å². The molecule has 0 aliphatic carbocycles. The van der Waals surface area contributed by atoms with Crippen LogP contribution in [0.4, 0.5) is 20.2 Å². The fourth-order valence-corrected chi connectivity index (χ4v) is 0.888. The van der Waals surface area contributed by atoms with Gasteiger partial charge in [-0.1, -0.05) is 0 Å². The highest BCUT2D eigenvalue weighted by Crippen LogP contribution is 2.15. The van der Waals surface area contributed by atoms with E-state index in [-0.39, 0.29) is 0 Å². The van der Waals surface area contributed by atoms with Crippen molar-refractivity contribution in [3.05, 3.63) is 24.3 Å². The summed E-state index contributed by atoms with van der Waals surface area (Å²) in [7, 11) is 0. The average Bonchev–Trinajstić information content (AvgIpc) is 2.17. The molecular formula is C9H12F2N2O. The van der Waals surface area contributed by atoms with Crippen LogP contribution in [-0.2, 0) is 0 Å². The zero-order valence-electron chi connectivity index (χ0n) is 7.50. The average molecular weight is 202 g/mol. The van der Waals surface area contributed by atoms with Gasteiger partial charge in [-0.05, 0) is 24.3 Å². The van der Waals surface area contributed by atoms with E-state index in [1.807, 2.05) is 0 Å². The SMILES string of the molecule is Nc1ccc(NCC(F)(F)CO)cc1. The second-order valence-corrected chi connectivity index (χ2v) is 2.99. The van der Waals surface area contributed by atoms with Crippen molar-refractivity contribution in [1.29, 1.82) is 0 Å². The molecule has 0 aliphatic rings. The van der Waals surface area contributed by atoms with E-state index in [2.05, 4.69) is 5.32 Å². The van der Waals surface area contributed by atoms with E-state index in [0.717, 1.165) is 0 Å². The van der Waals surface area contributed by atoms with Crippen LogP contribution in [0, 0.1) is 0 Å². The van der Waals surface area contributed by atoms with E-state index in [1.165, 1.54) is 0 Å². The van der Waals surface area contributed by atoms with Gasteiger partial charge < -0.3 is 16.2 Å². The third kappa shape index (κ3) is 3.18. The topological polar surface area (TPSA) is 58.3 Å². The van der Waals surface area contributed by atoms with Crippen molar-refractivity contribution >= 4 is 11.4 Å². The Bertz CT molecular complexity index is 287. The van der Waals surface area contributed by atoms with Gasteiger partial charge in [0.05, 0.1) is 6.54 Å². The molecule has 0 aromatic heterocycles. The smallest absolute Gasteiger partial charge is 0.287 e. The van der Waals surface area contributed by atoms with Crippen LogP contribution in [0.2, 0.25) is 0 Å². The van der Waals surface area contributed by atoms with Crippen LogP contribution in [-0.4, -0.2) is 24.2 Å². The molecule has 0 heterocycles. The van der Waals surface area contributed by atoms with Crippen LogP contribution in [0.15, 0.2) is 24.3 Å². The third-order valence-electron chi connectivity index (χ3n) is 1.69. The van der Waals surface area contributed by atoms with Crippen molar-refractivity contribution in [2.45, 2.75) is 5.92 Å². The molecule has 5 heteroatoms. The molecule has 0 amide bonds. The highest BCUT2D eigenvalue weighted by Gasteiger charge is 2.26. The highest BCUT2D eigenvalue weighted by molar-refractivity contribution is 5.51. The molecular weight excluding hydrogens is 190 g/mol. The number of aliphatic hydroxyl groups excluding tert-OH is 1. The molecule has 0 spiro atoms. The summed E-state index contributed by atoms with van der Waals surface area (Å²) in [6, 6.07) is 6.42. The quantitative estimate of drug-likeness (QED) is 0.645. The lowest BCUT2D eigenvalue weighted by atomic mass is 10.2. The maximum absolute atomic E-state index is 12.6. The Morgan fingerprint density at radius 2 is 1.86 bits per heavy atom. The summed E-state index contributed by atoms with van der Waals surface area (Å²) < 4.78 is 25.2. The van der Waals surface area contributed by atoms with Gasteiger partial charge in [0.1, 0.15) is 6.61 Å². The number of aliphatic hydroxyl groups is 1. The number of hydrogen-bond acceptors (Lipinski definition) is 3. The summed E-state index contributed by atoms with van der Waals surface area (Å²) in [5, 5.41) is 10.8. The first-order chi connectivity index (χ1) is 6.53. The maximum Gasteiger partial charge on any atom is 0.287 e. The number of hydrogen-bond donors (Lipinski definition) is 3. The first kappa shape index (κ1) is 10.7. The molecule has 1 aromatic rings. The molecule has 0 atom stereocenters. The monoisotopic (exact) mass is 202 g/mol. The summed E-state index contributed by atoms with van der Waals surface area (Å²) >= 11 is 0. The third-order valence-corrected chi connectivity index (χ3v) is 1.69. The first-order valence-corrected chi connectivity index (χ1v) is 4.11. The summed E-state index contributed by atoms with van der Waals surface area (Å²) in [5.41, 5.74) is 6.54. The van der Waals surface area contributed by atoms with Crippen molar-refractivity contribution in [2.75, 3.05) is 24.2 Å². The lowest BCUT2D eigenvalue weighted by Crippen LogP contribution is -2.30. The van der Waals surface area contributed by atoms with Crippen LogP contribution >= 0.6 is 0 Å². The van der Waals surface area contributed by atoms with Gasteiger partial charge in [-0.25, -0.2) is 8.78 Å². The molecule has 0 fully saturated rings. The molecule has 0 bridgehead atoms. The second-order valence-electron chi connectivity index (χ2n) is 2.99. The predicted molar refractivity (Wildman–Crippen MR) is 51.4 cm³/mol. The minimum Gasteiger partial charge on any atom is -0.399 e. The van der Waals surface area contributed by atoms with E-state index < -0.39 is 19.1 Å². The van der Waals surface area contributed by atoms with E-state index in [4.69, 9.17) is 10.8 Å². The fourth-order valence-electron chi connectivity index (χ4n) is 0.888. The predicted octanol–water partition coefficient (Wildman–Crippen LogP) is 1.31. The summed E-state index contributed by atoms with van der Waals surface area (Å²) in [6.07, 6.45) is 0. The first-order valence-electron chi connectivity index (χ1n) is 4.11. The number of nitrogen functional groups attached to an aromatic ring is 1. The second kappa shape index (κ2) is 4.23. The summed E-state index contributed by atoms with van der Waals surface area (Å²) in [5.74, 6) is -3.10. The summed E-state index contributed by atoms with van der Waals surface area (Å²) in [4.78, 5) is 0. The molecule has 0 radical (unpaired) electrons. The van der Waals surface area contributed by atoms with Gasteiger partial charge in [0.25, 0.3) is 5.92 Å². The number of alkyl halides is 2. The Kier molecular flexibility index (Phi) is 3.24. The molecule has 0 saturated carbocycles. The fraction of sp³-hybridized carbons (Fsp3) is 0.333. The van der Waals surface area contributed by atoms with Crippen LogP contribution in [0.5, 0.6) is 0 Å². The van der Waals surface area contributed by atoms with Crippen molar-refractivity contribution < 1.29 is 13.9 Å². The maximum atomic E-state index is 12.6. The van der Waals surface area contributed by atoms with Gasteiger partial charge in [0.15, 0.2) is 0 Å². The Hall–Kier alpha value is -1.36. The van der Waals surface area contributed by atoms with Crippen molar-refractivity contribution in [2.24, 2.45) is 0 Å². The minimum atomic E-state index is -3.10. The number of rotatable bonds is 4. The van der Waals surface area contributed by atoms with Crippen molar-refractivity contribution in [3.8, 4) is 0 Å². The van der Waals surface area contributed by atoms with Gasteiger partial charge in [0.2, 0.25) is 0 Å². The largest absolute Gasteiger partial charge is 0.399 e. The van der Waals surface area contributed by atoms with Gasteiger partial charge in [-0.3, -0.25) is 0 Å². The Balaban J connectivity index is 2.50. The molecule has 78 valence electrons. The molecule has 4 N–H and O–H groups in total.